The molecule has 25 heavy (non-hydrogen) atoms. The molecule has 0 fully saturated rings. The second-order valence-corrected chi connectivity index (χ2v) is 5.93. The SMILES string of the molecule is CC(NC(=O)c1ccc2c(c1)NC(=O)CO2)c1cc2ccccc2o1. The molecule has 6 nitrogen and oxygen atoms in total. The Bertz CT molecular complexity index is 943. The molecule has 2 amide bonds. The number of hydrogen-bond acceptors (Lipinski definition) is 4. The van der Waals surface area contributed by atoms with Gasteiger partial charge in [0.2, 0.25) is 0 Å². The number of nitrogens with one attached hydrogen (secondary N) is 2. The summed E-state index contributed by atoms with van der Waals surface area (Å²) >= 11 is 0. The molecule has 1 aliphatic rings. The zero-order valence-electron chi connectivity index (χ0n) is 13.5. The summed E-state index contributed by atoms with van der Waals surface area (Å²) in [4.78, 5) is 23.9. The molecule has 6 heteroatoms. The molecule has 1 atom stereocenters. The molecular weight excluding hydrogens is 320 g/mol. The molecule has 0 radical (unpaired) electrons. The monoisotopic (exact) mass is 336 g/mol. The highest BCUT2D eigenvalue weighted by atomic mass is 16.5. The van der Waals surface area contributed by atoms with E-state index >= 15 is 0 Å². The Balaban J connectivity index is 1.53. The maximum absolute atomic E-state index is 12.5. The summed E-state index contributed by atoms with van der Waals surface area (Å²) in [5.41, 5.74) is 1.72. The molecule has 1 aliphatic heterocycles. The molecule has 0 saturated carbocycles. The predicted molar refractivity (Wildman–Crippen MR) is 92.7 cm³/mol. The van der Waals surface area contributed by atoms with Crippen LogP contribution in [-0.2, 0) is 4.79 Å². The number of anilines is 1. The minimum Gasteiger partial charge on any atom is -0.482 e. The van der Waals surface area contributed by atoms with Crippen LogP contribution in [-0.4, -0.2) is 18.4 Å². The zero-order valence-corrected chi connectivity index (χ0v) is 13.5. The number of furan rings is 1. The number of rotatable bonds is 3. The summed E-state index contributed by atoms with van der Waals surface area (Å²) in [7, 11) is 0. The molecule has 0 bridgehead atoms. The Labute approximate surface area is 143 Å². The largest absolute Gasteiger partial charge is 0.482 e. The zero-order chi connectivity index (χ0) is 17.4. The predicted octanol–water partition coefficient (Wildman–Crippen LogP) is 3.25. The summed E-state index contributed by atoms with van der Waals surface area (Å²) in [6.07, 6.45) is 0. The van der Waals surface area contributed by atoms with Crippen molar-refractivity contribution in [2.45, 2.75) is 13.0 Å². The first-order chi connectivity index (χ1) is 12.1. The van der Waals surface area contributed by atoms with Crippen molar-refractivity contribution in [2.24, 2.45) is 0 Å². The van der Waals surface area contributed by atoms with E-state index in [4.69, 9.17) is 9.15 Å². The van der Waals surface area contributed by atoms with Crippen LogP contribution in [0.25, 0.3) is 11.0 Å². The van der Waals surface area contributed by atoms with Crippen molar-refractivity contribution in [3.63, 3.8) is 0 Å². The van der Waals surface area contributed by atoms with Crippen molar-refractivity contribution < 1.29 is 18.7 Å². The molecule has 1 aromatic heterocycles. The molecule has 2 aromatic carbocycles. The number of ether oxygens (including phenoxy) is 1. The van der Waals surface area contributed by atoms with Crippen LogP contribution in [0.1, 0.15) is 29.1 Å². The number of carbonyl (C=O) groups excluding carboxylic acids is 2. The van der Waals surface area contributed by atoms with Gasteiger partial charge in [-0.25, -0.2) is 0 Å². The van der Waals surface area contributed by atoms with E-state index in [2.05, 4.69) is 10.6 Å². The quantitative estimate of drug-likeness (QED) is 0.769. The smallest absolute Gasteiger partial charge is 0.262 e. The first kappa shape index (κ1) is 15.3. The van der Waals surface area contributed by atoms with Gasteiger partial charge in [0, 0.05) is 10.9 Å². The van der Waals surface area contributed by atoms with Gasteiger partial charge in [0.15, 0.2) is 6.61 Å². The molecule has 0 aliphatic carbocycles. The van der Waals surface area contributed by atoms with Crippen molar-refractivity contribution in [1.82, 2.24) is 5.32 Å². The highest BCUT2D eigenvalue weighted by molar-refractivity contribution is 6.00. The van der Waals surface area contributed by atoms with Crippen LogP contribution in [0, 0.1) is 0 Å². The highest BCUT2D eigenvalue weighted by Crippen LogP contribution is 2.29. The van der Waals surface area contributed by atoms with Crippen LogP contribution < -0.4 is 15.4 Å². The van der Waals surface area contributed by atoms with E-state index < -0.39 is 0 Å². The molecule has 0 spiro atoms. The lowest BCUT2D eigenvalue weighted by molar-refractivity contribution is -0.118. The molecule has 2 heterocycles. The highest BCUT2D eigenvalue weighted by Gasteiger charge is 2.19. The van der Waals surface area contributed by atoms with Gasteiger partial charge in [0.05, 0.1) is 11.7 Å². The Morgan fingerprint density at radius 1 is 1.20 bits per heavy atom. The van der Waals surface area contributed by atoms with Crippen LogP contribution in [0.3, 0.4) is 0 Å². The average Bonchev–Trinajstić information content (AvgIpc) is 3.05. The van der Waals surface area contributed by atoms with Crippen molar-refractivity contribution >= 4 is 28.5 Å². The molecular formula is C19H16N2O4. The lowest BCUT2D eigenvalue weighted by atomic mass is 10.1. The van der Waals surface area contributed by atoms with E-state index in [1.54, 1.807) is 18.2 Å². The standard InChI is InChI=1S/C19H16N2O4/c1-11(17-9-12-4-2-3-5-15(12)25-17)20-19(23)13-6-7-16-14(8-13)21-18(22)10-24-16/h2-9,11H,10H2,1H3,(H,20,23)(H,21,22). The van der Waals surface area contributed by atoms with Crippen molar-refractivity contribution in [1.29, 1.82) is 0 Å². The Morgan fingerprint density at radius 3 is 2.88 bits per heavy atom. The fourth-order valence-electron chi connectivity index (χ4n) is 2.79. The topological polar surface area (TPSA) is 80.6 Å². The normalized spacial score (nSPS) is 14.4. The van der Waals surface area contributed by atoms with E-state index in [-0.39, 0.29) is 24.5 Å². The van der Waals surface area contributed by atoms with Crippen molar-refractivity contribution in [3.8, 4) is 5.75 Å². The molecule has 2 N–H and O–H groups in total. The minimum atomic E-state index is -0.290. The fraction of sp³-hybridized carbons (Fsp3) is 0.158. The lowest BCUT2D eigenvalue weighted by Gasteiger charge is -2.19. The van der Waals surface area contributed by atoms with E-state index in [9.17, 15) is 9.59 Å². The first-order valence-electron chi connectivity index (χ1n) is 7.96. The summed E-state index contributed by atoms with van der Waals surface area (Å²) in [5, 5.41) is 6.59. The maximum Gasteiger partial charge on any atom is 0.262 e. The number of amides is 2. The second kappa shape index (κ2) is 5.98. The molecule has 126 valence electrons. The number of benzene rings is 2. The van der Waals surface area contributed by atoms with Crippen LogP contribution in [0.2, 0.25) is 0 Å². The summed E-state index contributed by atoms with van der Waals surface area (Å²) in [6, 6.07) is 14.3. The fourth-order valence-corrected chi connectivity index (χ4v) is 2.79. The van der Waals surface area contributed by atoms with Gasteiger partial charge in [-0.15, -0.1) is 0 Å². The third kappa shape index (κ3) is 2.94. The Hall–Kier alpha value is -3.28. The lowest BCUT2D eigenvalue weighted by Crippen LogP contribution is -2.28. The van der Waals surface area contributed by atoms with E-state index in [0.29, 0.717) is 22.8 Å². The average molecular weight is 336 g/mol. The van der Waals surface area contributed by atoms with Crippen LogP contribution in [0.4, 0.5) is 5.69 Å². The molecule has 4 rings (SSSR count). The summed E-state index contributed by atoms with van der Waals surface area (Å²) < 4.78 is 11.1. The number of carbonyl (C=O) groups is 2. The maximum atomic E-state index is 12.5. The third-order valence-corrected chi connectivity index (χ3v) is 4.09. The van der Waals surface area contributed by atoms with Gasteiger partial charge in [0.25, 0.3) is 11.8 Å². The van der Waals surface area contributed by atoms with Gasteiger partial charge in [-0.2, -0.15) is 0 Å². The van der Waals surface area contributed by atoms with Gasteiger partial charge in [-0.1, -0.05) is 18.2 Å². The van der Waals surface area contributed by atoms with Gasteiger partial charge in [-0.3, -0.25) is 9.59 Å². The Kier molecular flexibility index (Phi) is 3.65. The first-order valence-corrected chi connectivity index (χ1v) is 7.96. The number of fused-ring (bicyclic) bond motifs is 2. The third-order valence-electron chi connectivity index (χ3n) is 4.09. The molecule has 1 unspecified atom stereocenters. The summed E-state index contributed by atoms with van der Waals surface area (Å²) in [6.45, 7) is 1.85. The molecule has 3 aromatic rings. The van der Waals surface area contributed by atoms with Gasteiger partial charge in [-0.05, 0) is 37.3 Å². The van der Waals surface area contributed by atoms with Gasteiger partial charge in [0.1, 0.15) is 17.1 Å². The minimum absolute atomic E-state index is 0.0123. The van der Waals surface area contributed by atoms with Crippen LogP contribution in [0.15, 0.2) is 52.9 Å². The number of hydrogen-bond donors (Lipinski definition) is 2. The van der Waals surface area contributed by atoms with Gasteiger partial charge >= 0.3 is 0 Å². The van der Waals surface area contributed by atoms with Crippen LogP contribution >= 0.6 is 0 Å². The van der Waals surface area contributed by atoms with Crippen LogP contribution in [0.5, 0.6) is 5.75 Å². The Morgan fingerprint density at radius 2 is 2.04 bits per heavy atom. The van der Waals surface area contributed by atoms with Crippen molar-refractivity contribution in [2.75, 3.05) is 11.9 Å². The van der Waals surface area contributed by atoms with E-state index in [1.165, 1.54) is 0 Å². The van der Waals surface area contributed by atoms with E-state index in [0.717, 1.165) is 11.0 Å². The van der Waals surface area contributed by atoms with Gasteiger partial charge < -0.3 is 19.8 Å². The second-order valence-electron chi connectivity index (χ2n) is 5.93. The number of para-hydroxylation sites is 1. The summed E-state index contributed by atoms with van der Waals surface area (Å²) in [5.74, 6) is 0.752. The van der Waals surface area contributed by atoms with Crippen molar-refractivity contribution in [3.05, 3.63) is 59.9 Å². The molecule has 0 saturated heterocycles. The van der Waals surface area contributed by atoms with E-state index in [1.807, 2.05) is 37.3 Å².